The second-order valence-electron chi connectivity index (χ2n) is 6.32. The Hall–Kier alpha value is -1.91. The van der Waals surface area contributed by atoms with E-state index < -0.39 is 0 Å². The Kier molecular flexibility index (Phi) is 4.88. The van der Waals surface area contributed by atoms with Crippen molar-refractivity contribution in [3.8, 4) is 17.2 Å². The third-order valence-corrected chi connectivity index (χ3v) is 5.09. The van der Waals surface area contributed by atoms with E-state index >= 15 is 0 Å². The van der Waals surface area contributed by atoms with E-state index in [1.165, 1.54) is 0 Å². The van der Waals surface area contributed by atoms with Crippen molar-refractivity contribution in [1.29, 1.82) is 0 Å². The third-order valence-electron chi connectivity index (χ3n) is 4.69. The van der Waals surface area contributed by atoms with E-state index in [9.17, 15) is 15.3 Å². The molecular weight excluding hydrogens is 326 g/mol. The molecule has 2 aromatic carbocycles. The van der Waals surface area contributed by atoms with Crippen molar-refractivity contribution in [3.63, 3.8) is 0 Å². The summed E-state index contributed by atoms with van der Waals surface area (Å²) in [5.74, 6) is -0.182. The molecule has 0 amide bonds. The van der Waals surface area contributed by atoms with Gasteiger partial charge in [-0.2, -0.15) is 0 Å². The molecule has 128 valence electrons. The number of hydrogen-bond acceptors (Lipinski definition) is 4. The zero-order valence-corrected chi connectivity index (χ0v) is 14.4. The maximum Gasteiger partial charge on any atom is 0.176 e. The van der Waals surface area contributed by atoms with Gasteiger partial charge >= 0.3 is 0 Å². The van der Waals surface area contributed by atoms with Crippen LogP contribution in [0.25, 0.3) is 0 Å². The largest absolute Gasteiger partial charge is 0.508 e. The first-order valence-electron chi connectivity index (χ1n) is 8.25. The molecular formula is C19H22ClNO3. The van der Waals surface area contributed by atoms with E-state index in [4.69, 9.17) is 11.6 Å². The molecule has 1 aliphatic heterocycles. The molecule has 1 heterocycles. The van der Waals surface area contributed by atoms with Crippen molar-refractivity contribution in [3.05, 3.63) is 52.0 Å². The van der Waals surface area contributed by atoms with Gasteiger partial charge in [0, 0.05) is 19.0 Å². The number of halogens is 1. The van der Waals surface area contributed by atoms with Crippen LogP contribution < -0.4 is 0 Å². The predicted molar refractivity (Wildman–Crippen MR) is 95.2 cm³/mol. The first-order valence-corrected chi connectivity index (χ1v) is 8.63. The lowest BCUT2D eigenvalue weighted by Crippen LogP contribution is -2.29. The number of nitrogens with zero attached hydrogens (tertiary/aromatic N) is 1. The van der Waals surface area contributed by atoms with Crippen LogP contribution in [-0.4, -0.2) is 39.9 Å². The van der Waals surface area contributed by atoms with Crippen LogP contribution in [-0.2, 0) is 6.42 Å². The van der Waals surface area contributed by atoms with E-state index in [1.807, 2.05) is 12.1 Å². The summed E-state index contributed by atoms with van der Waals surface area (Å²) in [6, 6.07) is 8.77. The highest BCUT2D eigenvalue weighted by Crippen LogP contribution is 2.43. The fraction of sp³-hybridized carbons (Fsp3) is 0.368. The lowest BCUT2D eigenvalue weighted by molar-refractivity contribution is 0.277. The molecule has 0 aromatic heterocycles. The van der Waals surface area contributed by atoms with Crippen molar-refractivity contribution in [2.45, 2.75) is 25.7 Å². The number of rotatable bonds is 3. The Morgan fingerprint density at radius 3 is 2.54 bits per heavy atom. The lowest BCUT2D eigenvalue weighted by atomic mass is 9.87. The number of benzene rings is 2. The molecule has 0 fully saturated rings. The topological polar surface area (TPSA) is 63.9 Å². The molecule has 0 spiro atoms. The minimum atomic E-state index is -0.246. The molecule has 24 heavy (non-hydrogen) atoms. The Morgan fingerprint density at radius 1 is 1.17 bits per heavy atom. The van der Waals surface area contributed by atoms with E-state index in [0.29, 0.717) is 0 Å². The van der Waals surface area contributed by atoms with Crippen LogP contribution in [0, 0.1) is 0 Å². The Balaban J connectivity index is 2.11. The molecule has 1 unspecified atom stereocenters. The monoisotopic (exact) mass is 347 g/mol. The van der Waals surface area contributed by atoms with Gasteiger partial charge in [0.15, 0.2) is 11.5 Å². The number of phenols is 3. The third kappa shape index (κ3) is 3.17. The van der Waals surface area contributed by atoms with Crippen molar-refractivity contribution in [1.82, 2.24) is 4.90 Å². The van der Waals surface area contributed by atoms with Gasteiger partial charge in [0.25, 0.3) is 0 Å². The summed E-state index contributed by atoms with van der Waals surface area (Å²) < 4.78 is 0. The van der Waals surface area contributed by atoms with Gasteiger partial charge in [0.1, 0.15) is 5.75 Å². The minimum absolute atomic E-state index is 0.0265. The number of hydrogen-bond donors (Lipinski definition) is 3. The molecule has 4 nitrogen and oxygen atoms in total. The van der Waals surface area contributed by atoms with Gasteiger partial charge in [-0.25, -0.2) is 0 Å². The van der Waals surface area contributed by atoms with Crippen molar-refractivity contribution in [2.75, 3.05) is 19.6 Å². The summed E-state index contributed by atoms with van der Waals surface area (Å²) in [6.07, 6.45) is 1.79. The summed E-state index contributed by atoms with van der Waals surface area (Å²) in [5.41, 5.74) is 2.89. The smallest absolute Gasteiger partial charge is 0.176 e. The zero-order valence-electron chi connectivity index (χ0n) is 13.7. The van der Waals surface area contributed by atoms with Crippen LogP contribution in [0.2, 0.25) is 5.02 Å². The summed E-state index contributed by atoms with van der Waals surface area (Å²) in [7, 11) is 0. The van der Waals surface area contributed by atoms with Crippen LogP contribution in [0.3, 0.4) is 0 Å². The molecule has 0 saturated heterocycles. The molecule has 0 saturated carbocycles. The molecule has 3 rings (SSSR count). The molecule has 1 aliphatic rings. The summed E-state index contributed by atoms with van der Waals surface area (Å²) in [6.45, 7) is 4.81. The van der Waals surface area contributed by atoms with Crippen LogP contribution in [0.15, 0.2) is 30.3 Å². The normalized spacial score (nSPS) is 18.2. The maximum absolute atomic E-state index is 10.0. The first-order chi connectivity index (χ1) is 11.5. The highest BCUT2D eigenvalue weighted by Gasteiger charge is 2.28. The lowest BCUT2D eigenvalue weighted by Gasteiger charge is -2.25. The van der Waals surface area contributed by atoms with Gasteiger partial charge in [0.2, 0.25) is 0 Å². The quantitative estimate of drug-likeness (QED) is 0.738. The van der Waals surface area contributed by atoms with Gasteiger partial charge < -0.3 is 20.2 Å². The van der Waals surface area contributed by atoms with Crippen LogP contribution >= 0.6 is 11.6 Å². The van der Waals surface area contributed by atoms with Crippen LogP contribution in [0.5, 0.6) is 17.2 Å². The van der Waals surface area contributed by atoms with E-state index in [2.05, 4.69) is 11.8 Å². The fourth-order valence-corrected chi connectivity index (χ4v) is 3.78. The molecule has 0 bridgehead atoms. The highest BCUT2D eigenvalue weighted by atomic mass is 35.5. The van der Waals surface area contributed by atoms with Crippen LogP contribution in [0.4, 0.5) is 0 Å². The molecule has 0 aliphatic carbocycles. The number of phenolic OH excluding ortho intramolecular Hbond substituents is 3. The fourth-order valence-electron chi connectivity index (χ4n) is 3.48. The second kappa shape index (κ2) is 6.91. The maximum atomic E-state index is 10.0. The highest BCUT2D eigenvalue weighted by molar-refractivity contribution is 6.33. The molecule has 1 atom stereocenters. The van der Waals surface area contributed by atoms with Crippen molar-refractivity contribution < 1.29 is 15.3 Å². The Morgan fingerprint density at radius 2 is 1.88 bits per heavy atom. The Bertz CT molecular complexity index is 730. The van der Waals surface area contributed by atoms with E-state index in [0.717, 1.165) is 49.2 Å². The second-order valence-corrected chi connectivity index (χ2v) is 6.70. The van der Waals surface area contributed by atoms with E-state index in [1.54, 1.807) is 18.2 Å². The zero-order chi connectivity index (χ0) is 17.3. The molecule has 5 heteroatoms. The molecule has 3 N–H and O–H groups in total. The Labute approximate surface area is 146 Å². The summed E-state index contributed by atoms with van der Waals surface area (Å²) in [5, 5.41) is 29.8. The van der Waals surface area contributed by atoms with E-state index in [-0.39, 0.29) is 28.2 Å². The number of fused-ring (bicyclic) bond motifs is 1. The summed E-state index contributed by atoms with van der Waals surface area (Å²) in [4.78, 5) is 2.38. The molecule has 2 aromatic rings. The standard InChI is InChI=1S/C19H22ClNO3/c1-2-8-21-9-7-14-15(10-17(23)19(24)18(14)20)16(11-21)12-3-5-13(22)6-4-12/h3-6,10,16,22-24H,2,7-9,11H2,1H3. The van der Waals surface area contributed by atoms with Crippen molar-refractivity contribution in [2.24, 2.45) is 0 Å². The SMILES string of the molecule is CCCN1CCc2c(cc(O)c(O)c2Cl)C(c2ccc(O)cc2)C1. The van der Waals surface area contributed by atoms with Gasteiger partial charge in [-0.05, 0) is 54.3 Å². The van der Waals surface area contributed by atoms with Gasteiger partial charge in [-0.15, -0.1) is 0 Å². The van der Waals surface area contributed by atoms with Gasteiger partial charge in [-0.3, -0.25) is 0 Å². The number of aromatic hydroxyl groups is 3. The first kappa shape index (κ1) is 16.9. The van der Waals surface area contributed by atoms with Crippen molar-refractivity contribution >= 4 is 11.6 Å². The van der Waals surface area contributed by atoms with Gasteiger partial charge in [0.05, 0.1) is 5.02 Å². The minimum Gasteiger partial charge on any atom is -0.508 e. The molecule has 0 radical (unpaired) electrons. The average molecular weight is 348 g/mol. The van der Waals surface area contributed by atoms with Crippen LogP contribution in [0.1, 0.15) is 36.0 Å². The average Bonchev–Trinajstić information content (AvgIpc) is 2.74. The predicted octanol–water partition coefficient (Wildman–Crippen LogP) is 3.86. The summed E-state index contributed by atoms with van der Waals surface area (Å²) >= 11 is 6.32. The van der Waals surface area contributed by atoms with Gasteiger partial charge in [-0.1, -0.05) is 30.7 Å².